The normalized spacial score (nSPS) is 10.6. The number of aromatic nitrogens is 2. The maximum Gasteiger partial charge on any atom is 0.240 e. The Balaban J connectivity index is 2.00. The van der Waals surface area contributed by atoms with E-state index in [2.05, 4.69) is 10.3 Å². The van der Waals surface area contributed by atoms with Gasteiger partial charge in [0.1, 0.15) is 6.54 Å². The Labute approximate surface area is 121 Å². The third kappa shape index (κ3) is 3.54. The molecule has 0 aromatic carbocycles. The van der Waals surface area contributed by atoms with Gasteiger partial charge < -0.3 is 9.88 Å². The topological polar surface area (TPSA) is 64.0 Å². The standard InChI is InChI=1S/C14H17N3O2S/c1-9-4-13(18)5-10(2)17(9)7-14(19)15-6-12-8-20-11(3)16-12/h4-5,8H,6-7H2,1-3H3,(H,15,19). The fraction of sp³-hybridized carbons (Fsp3) is 0.357. The lowest BCUT2D eigenvalue weighted by atomic mass is 10.3. The first kappa shape index (κ1) is 14.5. The van der Waals surface area contributed by atoms with Crippen molar-refractivity contribution in [3.05, 3.63) is 49.8 Å². The molecule has 0 fully saturated rings. The molecule has 6 heteroatoms. The van der Waals surface area contributed by atoms with E-state index in [1.54, 1.807) is 11.3 Å². The van der Waals surface area contributed by atoms with Crippen molar-refractivity contribution in [1.29, 1.82) is 0 Å². The van der Waals surface area contributed by atoms with Gasteiger partial charge in [0.15, 0.2) is 5.43 Å². The summed E-state index contributed by atoms with van der Waals surface area (Å²) in [5.41, 5.74) is 2.41. The molecule has 0 aliphatic heterocycles. The highest BCUT2D eigenvalue weighted by Crippen LogP contribution is 2.07. The molecule has 0 atom stereocenters. The van der Waals surface area contributed by atoms with Crippen LogP contribution < -0.4 is 10.7 Å². The summed E-state index contributed by atoms with van der Waals surface area (Å²) < 4.78 is 1.82. The molecule has 0 saturated carbocycles. The van der Waals surface area contributed by atoms with Crippen molar-refractivity contribution in [1.82, 2.24) is 14.9 Å². The Morgan fingerprint density at radius 1 is 1.30 bits per heavy atom. The van der Waals surface area contributed by atoms with Gasteiger partial charge in [0.25, 0.3) is 0 Å². The smallest absolute Gasteiger partial charge is 0.240 e. The number of rotatable bonds is 4. The minimum Gasteiger partial charge on any atom is -0.349 e. The average molecular weight is 291 g/mol. The van der Waals surface area contributed by atoms with Crippen molar-refractivity contribution in [3.8, 4) is 0 Å². The van der Waals surface area contributed by atoms with Gasteiger partial charge in [-0.25, -0.2) is 4.98 Å². The zero-order valence-electron chi connectivity index (χ0n) is 11.8. The summed E-state index contributed by atoms with van der Waals surface area (Å²) >= 11 is 1.56. The van der Waals surface area contributed by atoms with Gasteiger partial charge in [0.2, 0.25) is 5.91 Å². The van der Waals surface area contributed by atoms with Gasteiger partial charge in [0.05, 0.1) is 17.2 Å². The fourth-order valence-corrected chi connectivity index (χ4v) is 2.63. The second-order valence-electron chi connectivity index (χ2n) is 4.69. The van der Waals surface area contributed by atoms with Gasteiger partial charge in [-0.05, 0) is 20.8 Å². The lowest BCUT2D eigenvalue weighted by molar-refractivity contribution is -0.121. The van der Waals surface area contributed by atoms with Crippen molar-refractivity contribution in [2.75, 3.05) is 0 Å². The molecule has 2 heterocycles. The Morgan fingerprint density at radius 3 is 2.50 bits per heavy atom. The van der Waals surface area contributed by atoms with Gasteiger partial charge >= 0.3 is 0 Å². The summed E-state index contributed by atoms with van der Waals surface area (Å²) in [6.07, 6.45) is 0. The molecule has 5 nitrogen and oxygen atoms in total. The zero-order chi connectivity index (χ0) is 14.7. The Hall–Kier alpha value is -1.95. The van der Waals surface area contributed by atoms with E-state index in [-0.39, 0.29) is 17.9 Å². The summed E-state index contributed by atoms with van der Waals surface area (Å²) in [6.45, 7) is 6.22. The largest absolute Gasteiger partial charge is 0.349 e. The Kier molecular flexibility index (Phi) is 4.34. The molecule has 1 N–H and O–H groups in total. The molecular weight excluding hydrogens is 274 g/mol. The second-order valence-corrected chi connectivity index (χ2v) is 5.76. The molecule has 0 bridgehead atoms. The first-order chi connectivity index (χ1) is 9.45. The number of hydrogen-bond donors (Lipinski definition) is 1. The molecule has 0 aliphatic carbocycles. The summed E-state index contributed by atoms with van der Waals surface area (Å²) in [5.74, 6) is -0.0921. The lowest BCUT2D eigenvalue weighted by Gasteiger charge is -2.13. The third-order valence-electron chi connectivity index (χ3n) is 2.99. The maximum atomic E-state index is 11.9. The number of thiazole rings is 1. The fourth-order valence-electron chi connectivity index (χ4n) is 2.01. The number of amides is 1. The quantitative estimate of drug-likeness (QED) is 0.929. The summed E-state index contributed by atoms with van der Waals surface area (Å²) in [6, 6.07) is 3.06. The number of nitrogens with one attached hydrogen (secondary N) is 1. The highest BCUT2D eigenvalue weighted by molar-refractivity contribution is 7.09. The average Bonchev–Trinajstić information content (AvgIpc) is 2.77. The van der Waals surface area contributed by atoms with Crippen molar-refractivity contribution in [2.45, 2.75) is 33.9 Å². The molecule has 0 spiro atoms. The first-order valence-corrected chi connectivity index (χ1v) is 7.19. The number of aryl methyl sites for hydroxylation is 3. The minimum absolute atomic E-state index is 0.0328. The second kappa shape index (κ2) is 6.00. The molecule has 2 rings (SSSR count). The van der Waals surface area contributed by atoms with E-state index in [9.17, 15) is 9.59 Å². The van der Waals surface area contributed by atoms with E-state index >= 15 is 0 Å². The lowest BCUT2D eigenvalue weighted by Crippen LogP contribution is -2.29. The molecule has 1 amide bonds. The van der Waals surface area contributed by atoms with Gasteiger partial charge in [-0.15, -0.1) is 11.3 Å². The molecule has 0 unspecified atom stereocenters. The van der Waals surface area contributed by atoms with Crippen molar-refractivity contribution in [3.63, 3.8) is 0 Å². The van der Waals surface area contributed by atoms with Gasteiger partial charge in [-0.3, -0.25) is 9.59 Å². The van der Waals surface area contributed by atoms with Crippen LogP contribution in [0, 0.1) is 20.8 Å². The molecule has 0 saturated heterocycles. The number of nitrogens with zero attached hydrogens (tertiary/aromatic N) is 2. The van der Waals surface area contributed by atoms with Gasteiger partial charge in [-0.2, -0.15) is 0 Å². The SMILES string of the molecule is Cc1nc(CNC(=O)Cn2c(C)cc(=O)cc2C)cs1. The molecule has 106 valence electrons. The van der Waals surface area contributed by atoms with Crippen molar-refractivity contribution >= 4 is 17.2 Å². The summed E-state index contributed by atoms with van der Waals surface area (Å²) in [4.78, 5) is 27.6. The van der Waals surface area contributed by atoms with Crippen LogP contribution in [0.5, 0.6) is 0 Å². The number of carbonyl (C=O) groups excluding carboxylic acids is 1. The highest BCUT2D eigenvalue weighted by atomic mass is 32.1. The molecule has 0 radical (unpaired) electrons. The van der Waals surface area contributed by atoms with Gasteiger partial charge in [0, 0.05) is 28.9 Å². The molecule has 0 aliphatic rings. The molecular formula is C14H17N3O2S. The van der Waals surface area contributed by atoms with E-state index in [0.29, 0.717) is 6.54 Å². The third-order valence-corrected chi connectivity index (χ3v) is 3.81. The predicted octanol–water partition coefficient (Wildman–Crippen LogP) is 1.55. The number of pyridine rings is 1. The molecule has 20 heavy (non-hydrogen) atoms. The van der Waals surface area contributed by atoms with E-state index in [0.717, 1.165) is 22.1 Å². The molecule has 2 aromatic rings. The van der Waals surface area contributed by atoms with Crippen LogP contribution in [0.1, 0.15) is 22.1 Å². The van der Waals surface area contributed by atoms with Crippen molar-refractivity contribution < 1.29 is 4.79 Å². The van der Waals surface area contributed by atoms with Crippen LogP contribution in [0.3, 0.4) is 0 Å². The van der Waals surface area contributed by atoms with E-state index in [1.165, 1.54) is 12.1 Å². The maximum absolute atomic E-state index is 11.9. The Bertz CT molecular complexity index is 662. The predicted molar refractivity (Wildman–Crippen MR) is 78.9 cm³/mol. The monoisotopic (exact) mass is 291 g/mol. The summed E-state index contributed by atoms with van der Waals surface area (Å²) in [5, 5.41) is 5.76. The molecule has 2 aromatic heterocycles. The van der Waals surface area contributed by atoms with Crippen LogP contribution in [-0.4, -0.2) is 15.5 Å². The van der Waals surface area contributed by atoms with Crippen LogP contribution in [-0.2, 0) is 17.9 Å². The minimum atomic E-state index is -0.0921. The van der Waals surface area contributed by atoms with Crippen LogP contribution in [0.25, 0.3) is 0 Å². The number of hydrogen-bond acceptors (Lipinski definition) is 4. The van der Waals surface area contributed by atoms with Crippen LogP contribution in [0.4, 0.5) is 0 Å². The van der Waals surface area contributed by atoms with Gasteiger partial charge in [-0.1, -0.05) is 0 Å². The van der Waals surface area contributed by atoms with Crippen molar-refractivity contribution in [2.24, 2.45) is 0 Å². The van der Waals surface area contributed by atoms with Crippen LogP contribution in [0.15, 0.2) is 22.3 Å². The zero-order valence-corrected chi connectivity index (χ0v) is 12.6. The first-order valence-electron chi connectivity index (χ1n) is 6.31. The Morgan fingerprint density at radius 2 is 1.95 bits per heavy atom. The number of carbonyl (C=O) groups is 1. The summed E-state index contributed by atoms with van der Waals surface area (Å²) in [7, 11) is 0. The van der Waals surface area contributed by atoms with Crippen LogP contribution >= 0.6 is 11.3 Å². The van der Waals surface area contributed by atoms with Crippen LogP contribution in [0.2, 0.25) is 0 Å². The van der Waals surface area contributed by atoms with E-state index in [1.807, 2.05) is 30.7 Å². The highest BCUT2D eigenvalue weighted by Gasteiger charge is 2.08. The van der Waals surface area contributed by atoms with E-state index in [4.69, 9.17) is 0 Å². The van der Waals surface area contributed by atoms with E-state index < -0.39 is 0 Å².